The van der Waals surface area contributed by atoms with Crippen LogP contribution in [0.4, 0.5) is 11.4 Å². The topological polar surface area (TPSA) is 77.8 Å². The first-order chi connectivity index (χ1) is 12.7. The van der Waals surface area contributed by atoms with Gasteiger partial charge in [0.05, 0.1) is 28.7 Å². The molecule has 0 aliphatic rings. The lowest BCUT2D eigenvalue weighted by Gasteiger charge is -2.10. The quantitative estimate of drug-likeness (QED) is 0.710. The molecule has 2 N–H and O–H groups in total. The maximum atomic E-state index is 12.4. The molecule has 6 heteroatoms. The molecule has 128 valence electrons. The molecular weight excluding hydrogens is 348 g/mol. The van der Waals surface area contributed by atoms with Crippen molar-refractivity contribution in [2.75, 3.05) is 5.32 Å². The molecule has 0 saturated heterocycles. The number of halogens is 1. The van der Waals surface area contributed by atoms with E-state index in [-0.39, 0.29) is 5.91 Å². The molecule has 0 fully saturated rings. The summed E-state index contributed by atoms with van der Waals surface area (Å²) in [4.78, 5) is 16.5. The molecule has 0 aliphatic carbocycles. The Balaban J connectivity index is 1.71. The second-order valence-electron chi connectivity index (χ2n) is 5.52. The average Bonchev–Trinajstić information content (AvgIpc) is 2.68. The van der Waals surface area contributed by atoms with Crippen molar-refractivity contribution in [1.29, 1.82) is 5.26 Å². The highest BCUT2D eigenvalue weighted by molar-refractivity contribution is 6.31. The number of hydrogen-bond acceptors (Lipinski definition) is 4. The van der Waals surface area contributed by atoms with E-state index in [0.29, 0.717) is 34.1 Å². The number of nitriles is 1. The van der Waals surface area contributed by atoms with Gasteiger partial charge in [0.15, 0.2) is 0 Å². The van der Waals surface area contributed by atoms with Gasteiger partial charge in [-0.15, -0.1) is 0 Å². The molecule has 0 saturated carbocycles. The highest BCUT2D eigenvalue weighted by Gasteiger charge is 2.09. The SMILES string of the molecule is N#Cc1ccccc1Nc1cncc(C(=O)NCc2ccccc2Cl)c1. The third kappa shape index (κ3) is 4.18. The van der Waals surface area contributed by atoms with Crippen molar-refractivity contribution >= 4 is 28.9 Å². The second kappa shape index (κ2) is 8.15. The molecule has 0 bridgehead atoms. The number of pyridine rings is 1. The molecule has 0 atom stereocenters. The first-order valence-corrected chi connectivity index (χ1v) is 8.28. The number of carbonyl (C=O) groups is 1. The van der Waals surface area contributed by atoms with Gasteiger partial charge in [0.1, 0.15) is 6.07 Å². The summed E-state index contributed by atoms with van der Waals surface area (Å²) < 4.78 is 0. The Hall–Kier alpha value is -3.36. The number of amides is 1. The highest BCUT2D eigenvalue weighted by atomic mass is 35.5. The summed E-state index contributed by atoms with van der Waals surface area (Å²) in [6, 6.07) is 18.3. The van der Waals surface area contributed by atoms with Gasteiger partial charge in [-0.05, 0) is 29.8 Å². The van der Waals surface area contributed by atoms with Crippen LogP contribution in [-0.4, -0.2) is 10.9 Å². The first-order valence-electron chi connectivity index (χ1n) is 7.90. The van der Waals surface area contributed by atoms with Crippen LogP contribution in [0.2, 0.25) is 5.02 Å². The average molecular weight is 363 g/mol. The number of rotatable bonds is 5. The van der Waals surface area contributed by atoms with Crippen molar-refractivity contribution in [3.8, 4) is 6.07 Å². The summed E-state index contributed by atoms with van der Waals surface area (Å²) in [7, 11) is 0. The molecule has 5 nitrogen and oxygen atoms in total. The van der Waals surface area contributed by atoms with Crippen LogP contribution >= 0.6 is 11.6 Å². The zero-order valence-electron chi connectivity index (χ0n) is 13.7. The molecular formula is C20H15ClN4O. The summed E-state index contributed by atoms with van der Waals surface area (Å²) >= 11 is 6.10. The fourth-order valence-corrected chi connectivity index (χ4v) is 2.60. The van der Waals surface area contributed by atoms with Crippen molar-refractivity contribution in [2.45, 2.75) is 6.54 Å². The predicted molar refractivity (Wildman–Crippen MR) is 101 cm³/mol. The zero-order valence-corrected chi connectivity index (χ0v) is 14.5. The van der Waals surface area contributed by atoms with Gasteiger partial charge in [-0.3, -0.25) is 9.78 Å². The number of aromatic nitrogens is 1. The summed E-state index contributed by atoms with van der Waals surface area (Å²) in [6.07, 6.45) is 3.09. The second-order valence-corrected chi connectivity index (χ2v) is 5.93. The van der Waals surface area contributed by atoms with E-state index in [9.17, 15) is 4.79 Å². The van der Waals surface area contributed by atoms with Crippen LogP contribution in [0.25, 0.3) is 0 Å². The molecule has 0 radical (unpaired) electrons. The van der Waals surface area contributed by atoms with E-state index in [1.54, 1.807) is 36.5 Å². The van der Waals surface area contributed by atoms with E-state index < -0.39 is 0 Å². The van der Waals surface area contributed by atoms with Gasteiger partial charge in [0, 0.05) is 17.8 Å². The fraction of sp³-hybridized carbons (Fsp3) is 0.0500. The molecule has 2 aromatic carbocycles. The smallest absolute Gasteiger partial charge is 0.253 e. The Morgan fingerprint density at radius 1 is 1.12 bits per heavy atom. The molecule has 1 aromatic heterocycles. The van der Waals surface area contributed by atoms with Gasteiger partial charge >= 0.3 is 0 Å². The van der Waals surface area contributed by atoms with E-state index in [1.165, 1.54) is 6.20 Å². The van der Waals surface area contributed by atoms with Crippen LogP contribution in [0.15, 0.2) is 67.0 Å². The zero-order chi connectivity index (χ0) is 18.4. The Labute approximate surface area is 156 Å². The van der Waals surface area contributed by atoms with Crippen molar-refractivity contribution in [1.82, 2.24) is 10.3 Å². The van der Waals surface area contributed by atoms with Crippen LogP contribution in [0.1, 0.15) is 21.5 Å². The van der Waals surface area contributed by atoms with E-state index in [4.69, 9.17) is 16.9 Å². The Bertz CT molecular complexity index is 981. The normalized spacial score (nSPS) is 10.0. The lowest BCUT2D eigenvalue weighted by molar-refractivity contribution is 0.0950. The number of hydrogen-bond donors (Lipinski definition) is 2. The van der Waals surface area contributed by atoms with E-state index in [2.05, 4.69) is 21.7 Å². The van der Waals surface area contributed by atoms with E-state index >= 15 is 0 Å². The molecule has 0 spiro atoms. The number of carbonyl (C=O) groups excluding carboxylic acids is 1. The van der Waals surface area contributed by atoms with E-state index in [0.717, 1.165) is 5.56 Å². The number of anilines is 2. The number of benzene rings is 2. The number of nitrogens with zero attached hydrogens (tertiary/aromatic N) is 2. The minimum atomic E-state index is -0.255. The molecule has 3 rings (SSSR count). The first kappa shape index (κ1) is 17.5. The van der Waals surface area contributed by atoms with Gasteiger partial charge in [-0.2, -0.15) is 5.26 Å². The van der Waals surface area contributed by atoms with E-state index in [1.807, 2.05) is 24.3 Å². The summed E-state index contributed by atoms with van der Waals surface area (Å²) in [5, 5.41) is 15.7. The third-order valence-corrected chi connectivity index (χ3v) is 4.09. The lowest BCUT2D eigenvalue weighted by atomic mass is 10.2. The van der Waals surface area contributed by atoms with Gasteiger partial charge in [0.25, 0.3) is 5.91 Å². The number of nitrogens with one attached hydrogen (secondary N) is 2. The number of para-hydroxylation sites is 1. The van der Waals surface area contributed by atoms with Crippen LogP contribution in [0.5, 0.6) is 0 Å². The molecule has 0 aliphatic heterocycles. The van der Waals surface area contributed by atoms with Crippen molar-refractivity contribution in [2.24, 2.45) is 0 Å². The minimum Gasteiger partial charge on any atom is -0.353 e. The van der Waals surface area contributed by atoms with Crippen LogP contribution < -0.4 is 10.6 Å². The maximum Gasteiger partial charge on any atom is 0.253 e. The Morgan fingerprint density at radius 3 is 2.69 bits per heavy atom. The van der Waals surface area contributed by atoms with Gasteiger partial charge in [-0.25, -0.2) is 0 Å². The summed E-state index contributed by atoms with van der Waals surface area (Å²) in [5.74, 6) is -0.255. The molecule has 1 amide bonds. The third-order valence-electron chi connectivity index (χ3n) is 3.72. The van der Waals surface area contributed by atoms with Crippen LogP contribution in [0, 0.1) is 11.3 Å². The molecule has 3 aromatic rings. The molecule has 0 unspecified atom stereocenters. The molecule has 26 heavy (non-hydrogen) atoms. The predicted octanol–water partition coefficient (Wildman–Crippen LogP) is 4.28. The summed E-state index contributed by atoms with van der Waals surface area (Å²) in [6.45, 7) is 0.327. The van der Waals surface area contributed by atoms with Crippen molar-refractivity contribution in [3.05, 3.63) is 88.7 Å². The minimum absolute atomic E-state index is 0.255. The van der Waals surface area contributed by atoms with Gasteiger partial charge in [0.2, 0.25) is 0 Å². The fourth-order valence-electron chi connectivity index (χ4n) is 2.40. The van der Waals surface area contributed by atoms with Crippen molar-refractivity contribution < 1.29 is 4.79 Å². The van der Waals surface area contributed by atoms with Crippen LogP contribution in [-0.2, 0) is 6.54 Å². The van der Waals surface area contributed by atoms with Gasteiger partial charge < -0.3 is 10.6 Å². The molecule has 1 heterocycles. The standard InChI is InChI=1S/C20H15ClN4O/c21-18-7-3-1-6-15(18)12-24-20(26)16-9-17(13-23-11-16)25-19-8-4-2-5-14(19)10-22/h1-9,11,13,25H,12H2,(H,24,26). The largest absolute Gasteiger partial charge is 0.353 e. The highest BCUT2D eigenvalue weighted by Crippen LogP contribution is 2.20. The Kier molecular flexibility index (Phi) is 5.47. The summed E-state index contributed by atoms with van der Waals surface area (Å²) in [5.41, 5.74) is 3.05. The van der Waals surface area contributed by atoms with Crippen molar-refractivity contribution in [3.63, 3.8) is 0 Å². The Morgan fingerprint density at radius 2 is 1.88 bits per heavy atom. The van der Waals surface area contributed by atoms with Crippen LogP contribution in [0.3, 0.4) is 0 Å². The maximum absolute atomic E-state index is 12.4. The lowest BCUT2D eigenvalue weighted by Crippen LogP contribution is -2.23. The monoisotopic (exact) mass is 362 g/mol. The van der Waals surface area contributed by atoms with Gasteiger partial charge in [-0.1, -0.05) is 41.9 Å².